The van der Waals surface area contributed by atoms with Gasteiger partial charge in [-0.1, -0.05) is 0 Å². The SMILES string of the molecule is OCCCCOCCSC(F)CC(F)(F)C(F)(F)C(F)(F)C(F)(F)C(F)(F)C(F)(F)C(F)(F)C(F)(F)F. The van der Waals surface area contributed by atoms with E-state index in [4.69, 9.17) is 9.84 Å². The monoisotopic (exact) mass is 614 g/mol. The van der Waals surface area contributed by atoms with Gasteiger partial charge in [0.15, 0.2) is 5.50 Å². The molecule has 0 heterocycles. The molecule has 1 unspecified atom stereocenters. The minimum atomic E-state index is -8.71. The molecule has 224 valence electrons. The van der Waals surface area contributed by atoms with Crippen LogP contribution < -0.4 is 0 Å². The highest BCUT2D eigenvalue weighted by Crippen LogP contribution is 2.64. The molecule has 0 aromatic rings. The van der Waals surface area contributed by atoms with Crippen molar-refractivity contribution in [3.63, 3.8) is 0 Å². The van der Waals surface area contributed by atoms with Crippen molar-refractivity contribution in [1.82, 2.24) is 0 Å². The standard InChI is InChI=1S/C16H16F18O2S/c17-8(37-6-5-36-4-2-1-3-35)7-9(18,19)10(20,21)11(22,23)12(24,25)13(26,27)14(28,29)15(30,31)16(32,33)34/h8,35H,1-7H2. The third kappa shape index (κ3) is 6.60. The van der Waals surface area contributed by atoms with E-state index in [1.807, 2.05) is 0 Å². The normalized spacial score (nSPS) is 16.3. The maximum absolute atomic E-state index is 13.7. The van der Waals surface area contributed by atoms with Crippen LogP contribution in [0.2, 0.25) is 0 Å². The van der Waals surface area contributed by atoms with Gasteiger partial charge in [-0.15, -0.1) is 11.8 Å². The molecule has 0 bridgehead atoms. The number of alkyl halides is 18. The van der Waals surface area contributed by atoms with E-state index in [-0.39, 0.29) is 37.8 Å². The Hall–Kier alpha value is -0.990. The number of aliphatic hydroxyl groups excluding tert-OH is 1. The highest BCUT2D eigenvalue weighted by molar-refractivity contribution is 7.99. The Balaban J connectivity index is 5.87. The van der Waals surface area contributed by atoms with Crippen LogP contribution in [0.1, 0.15) is 19.3 Å². The number of aliphatic hydroxyl groups is 1. The van der Waals surface area contributed by atoms with Crippen molar-refractivity contribution in [1.29, 1.82) is 0 Å². The minimum Gasteiger partial charge on any atom is -0.396 e. The Morgan fingerprint density at radius 3 is 1.38 bits per heavy atom. The summed E-state index contributed by atoms with van der Waals surface area (Å²) in [6.07, 6.45) is -10.5. The van der Waals surface area contributed by atoms with Crippen LogP contribution in [0.3, 0.4) is 0 Å². The summed E-state index contributed by atoms with van der Waals surface area (Å²) < 4.78 is 242. The number of rotatable bonds is 16. The predicted molar refractivity (Wildman–Crippen MR) is 89.8 cm³/mol. The first-order valence-electron chi connectivity index (χ1n) is 9.36. The van der Waals surface area contributed by atoms with Gasteiger partial charge >= 0.3 is 47.6 Å². The van der Waals surface area contributed by atoms with Gasteiger partial charge in [0, 0.05) is 19.0 Å². The number of hydrogen-bond acceptors (Lipinski definition) is 3. The van der Waals surface area contributed by atoms with E-state index in [9.17, 15) is 79.0 Å². The van der Waals surface area contributed by atoms with E-state index < -0.39 is 71.9 Å². The largest absolute Gasteiger partial charge is 0.460 e. The number of ether oxygens (including phenoxy) is 1. The first kappa shape index (κ1) is 36.0. The summed E-state index contributed by atoms with van der Waals surface area (Å²) in [5, 5.41) is 8.48. The van der Waals surface area contributed by atoms with E-state index in [0.717, 1.165) is 0 Å². The fraction of sp³-hybridized carbons (Fsp3) is 1.00. The third-order valence-corrected chi connectivity index (χ3v) is 5.36. The Bertz CT molecular complexity index is 723. The zero-order valence-corrected chi connectivity index (χ0v) is 18.4. The molecule has 0 aliphatic carbocycles. The molecule has 0 amide bonds. The summed E-state index contributed by atoms with van der Waals surface area (Å²) in [6.45, 7) is -0.798. The molecule has 1 atom stereocenters. The van der Waals surface area contributed by atoms with Crippen LogP contribution in [0.4, 0.5) is 79.0 Å². The van der Waals surface area contributed by atoms with Crippen molar-refractivity contribution in [3.05, 3.63) is 0 Å². The average molecular weight is 614 g/mol. The van der Waals surface area contributed by atoms with Gasteiger partial charge in [-0.25, -0.2) is 4.39 Å². The Kier molecular flexibility index (Phi) is 11.3. The highest BCUT2D eigenvalue weighted by Gasteiger charge is 2.95. The van der Waals surface area contributed by atoms with Gasteiger partial charge in [-0.3, -0.25) is 0 Å². The topological polar surface area (TPSA) is 29.5 Å². The quantitative estimate of drug-likeness (QED) is 0.147. The lowest BCUT2D eigenvalue weighted by Gasteiger charge is -2.42. The highest BCUT2D eigenvalue weighted by atomic mass is 32.2. The predicted octanol–water partition coefficient (Wildman–Crippen LogP) is 7.20. The van der Waals surface area contributed by atoms with Crippen molar-refractivity contribution in [2.24, 2.45) is 0 Å². The van der Waals surface area contributed by atoms with Crippen LogP contribution in [0.5, 0.6) is 0 Å². The molecule has 21 heteroatoms. The Morgan fingerprint density at radius 2 is 0.973 bits per heavy atom. The lowest BCUT2D eigenvalue weighted by Crippen LogP contribution is -2.74. The van der Waals surface area contributed by atoms with Crippen LogP contribution in [-0.4, -0.2) is 83.8 Å². The van der Waals surface area contributed by atoms with Crippen molar-refractivity contribution >= 4 is 11.8 Å². The van der Waals surface area contributed by atoms with Gasteiger partial charge in [0.25, 0.3) is 0 Å². The minimum absolute atomic E-state index is 0.0696. The van der Waals surface area contributed by atoms with E-state index in [2.05, 4.69) is 0 Å². The van der Waals surface area contributed by atoms with Gasteiger partial charge in [0.05, 0.1) is 13.0 Å². The fourth-order valence-corrected chi connectivity index (χ4v) is 3.03. The van der Waals surface area contributed by atoms with Crippen LogP contribution in [0.15, 0.2) is 0 Å². The lowest BCUT2D eigenvalue weighted by molar-refractivity contribution is -0.461. The Labute approximate surface area is 199 Å². The number of thioether (sulfide) groups is 1. The van der Waals surface area contributed by atoms with Gasteiger partial charge in [-0.2, -0.15) is 74.6 Å². The summed E-state index contributed by atoms with van der Waals surface area (Å²) in [4.78, 5) is 0. The molecule has 0 rings (SSSR count). The first-order chi connectivity index (χ1) is 16.2. The van der Waals surface area contributed by atoms with E-state index in [1.54, 1.807) is 0 Å². The van der Waals surface area contributed by atoms with Crippen LogP contribution in [0.25, 0.3) is 0 Å². The number of hydrogen-bond donors (Lipinski definition) is 1. The zero-order valence-electron chi connectivity index (χ0n) is 17.6. The smallest absolute Gasteiger partial charge is 0.396 e. The summed E-state index contributed by atoms with van der Waals surface area (Å²) in [6, 6.07) is 0. The molecule has 0 aliphatic heterocycles. The van der Waals surface area contributed by atoms with Crippen molar-refractivity contribution < 1.29 is 88.9 Å². The first-order valence-corrected chi connectivity index (χ1v) is 10.4. The van der Waals surface area contributed by atoms with Crippen LogP contribution in [0, 0.1) is 0 Å². The average Bonchev–Trinajstić information content (AvgIpc) is 2.71. The molecule has 0 aromatic carbocycles. The third-order valence-electron chi connectivity index (χ3n) is 4.43. The van der Waals surface area contributed by atoms with Crippen molar-refractivity contribution in [3.8, 4) is 0 Å². The maximum Gasteiger partial charge on any atom is 0.460 e. The Morgan fingerprint density at radius 1 is 0.568 bits per heavy atom. The van der Waals surface area contributed by atoms with Crippen molar-refractivity contribution in [2.75, 3.05) is 25.6 Å². The van der Waals surface area contributed by atoms with Gasteiger partial charge in [0.2, 0.25) is 0 Å². The summed E-state index contributed by atoms with van der Waals surface area (Å²) in [7, 11) is 0. The molecule has 0 spiro atoms. The van der Waals surface area contributed by atoms with E-state index >= 15 is 0 Å². The molecule has 2 nitrogen and oxygen atoms in total. The second-order valence-corrected chi connectivity index (χ2v) is 8.43. The molecule has 0 aromatic heterocycles. The fourth-order valence-electron chi connectivity index (χ4n) is 2.24. The molecule has 0 aliphatic rings. The number of halogens is 18. The van der Waals surface area contributed by atoms with Gasteiger partial charge in [-0.05, 0) is 12.8 Å². The maximum atomic E-state index is 13.7. The second kappa shape index (κ2) is 11.6. The zero-order chi connectivity index (χ0) is 29.9. The molecule has 0 radical (unpaired) electrons. The van der Waals surface area contributed by atoms with Gasteiger partial charge < -0.3 is 9.84 Å². The molecule has 1 N–H and O–H groups in total. The summed E-state index contributed by atoms with van der Waals surface area (Å²) >= 11 is -0.362. The molecule has 0 saturated carbocycles. The van der Waals surface area contributed by atoms with Crippen LogP contribution in [-0.2, 0) is 4.74 Å². The molecular weight excluding hydrogens is 598 g/mol. The molecule has 37 heavy (non-hydrogen) atoms. The lowest BCUT2D eigenvalue weighted by atomic mass is 9.88. The molecule has 0 saturated heterocycles. The molecular formula is C16H16F18O2S. The van der Waals surface area contributed by atoms with Gasteiger partial charge in [0.1, 0.15) is 0 Å². The van der Waals surface area contributed by atoms with Crippen LogP contribution >= 0.6 is 11.8 Å². The summed E-state index contributed by atoms with van der Waals surface area (Å²) in [5.74, 6) is -57.9. The second-order valence-electron chi connectivity index (χ2n) is 7.18. The van der Waals surface area contributed by atoms with Crippen molar-refractivity contribution in [2.45, 2.75) is 72.4 Å². The van der Waals surface area contributed by atoms with E-state index in [0.29, 0.717) is 0 Å². The number of unbranched alkanes of at least 4 members (excludes halogenated alkanes) is 1. The summed E-state index contributed by atoms with van der Waals surface area (Å²) in [5.41, 5.74) is -3.33. The molecule has 0 fully saturated rings. The van der Waals surface area contributed by atoms with E-state index in [1.165, 1.54) is 0 Å².